The topological polar surface area (TPSA) is 177 Å². The molecular formula is C28H32N4O8. The van der Waals surface area contributed by atoms with Crippen LogP contribution in [-0.2, 0) is 37.8 Å². The highest BCUT2D eigenvalue weighted by molar-refractivity contribution is 5.91. The minimum atomic E-state index is -1.89. The summed E-state index contributed by atoms with van der Waals surface area (Å²) in [4.78, 5) is 51.2. The van der Waals surface area contributed by atoms with Crippen LogP contribution >= 0.6 is 0 Å². The number of non-ortho nitro benzene ring substituents is 1. The molecule has 0 amide bonds. The van der Waals surface area contributed by atoms with Crippen LogP contribution in [0.15, 0.2) is 35.1 Å². The summed E-state index contributed by atoms with van der Waals surface area (Å²) in [6.45, 7) is 4.30. The Hall–Kier alpha value is -4.16. The number of hydrogen-bond acceptors (Lipinski definition) is 10. The number of cyclic esters (lactones) is 1. The number of unbranched alkanes of at least 4 members (excludes halogenated alkanes) is 3. The van der Waals surface area contributed by atoms with Crippen LogP contribution in [0.3, 0.4) is 0 Å². The van der Waals surface area contributed by atoms with E-state index in [2.05, 4.69) is 11.9 Å². The summed E-state index contributed by atoms with van der Waals surface area (Å²) in [5, 5.41) is 22.6. The molecule has 0 radical (unpaired) electrons. The molecule has 3 N–H and O–H groups in total. The van der Waals surface area contributed by atoms with Crippen molar-refractivity contribution in [3.63, 3.8) is 0 Å². The van der Waals surface area contributed by atoms with Gasteiger partial charge >= 0.3 is 11.9 Å². The lowest BCUT2D eigenvalue weighted by Crippen LogP contribution is -2.44. The maximum atomic E-state index is 13.1. The van der Waals surface area contributed by atoms with Gasteiger partial charge in [0.15, 0.2) is 5.60 Å². The highest BCUT2D eigenvalue weighted by atomic mass is 16.6. The molecule has 4 heterocycles. The lowest BCUT2D eigenvalue weighted by atomic mass is 9.86. The smallest absolute Gasteiger partial charge is 0.343 e. The van der Waals surface area contributed by atoms with Crippen molar-refractivity contribution >= 4 is 28.5 Å². The predicted molar refractivity (Wildman–Crippen MR) is 145 cm³/mol. The van der Waals surface area contributed by atoms with Crippen molar-refractivity contribution in [2.24, 2.45) is 5.73 Å². The number of pyridine rings is 2. The van der Waals surface area contributed by atoms with Crippen LogP contribution in [0.1, 0.15) is 62.6 Å². The number of nitro groups is 1. The number of ether oxygens (including phenoxy) is 2. The molecular weight excluding hydrogens is 520 g/mol. The molecule has 0 saturated carbocycles. The van der Waals surface area contributed by atoms with Crippen molar-refractivity contribution in [2.75, 3.05) is 13.2 Å². The van der Waals surface area contributed by atoms with Gasteiger partial charge in [-0.05, 0) is 31.0 Å². The van der Waals surface area contributed by atoms with Crippen LogP contribution in [-0.4, -0.2) is 44.7 Å². The van der Waals surface area contributed by atoms with E-state index in [0.29, 0.717) is 34.5 Å². The van der Waals surface area contributed by atoms with E-state index in [9.17, 15) is 29.6 Å². The highest BCUT2D eigenvalue weighted by Gasteiger charge is 2.45. The first-order valence-electron chi connectivity index (χ1n) is 13.3. The maximum absolute atomic E-state index is 13.1. The molecule has 0 unspecified atom stereocenters. The van der Waals surface area contributed by atoms with Crippen LogP contribution in [0.2, 0.25) is 0 Å². The molecule has 0 aliphatic carbocycles. The largest absolute Gasteiger partial charge is 0.465 e. The van der Waals surface area contributed by atoms with Gasteiger partial charge in [0.2, 0.25) is 0 Å². The molecule has 0 bridgehead atoms. The van der Waals surface area contributed by atoms with Crippen molar-refractivity contribution in [1.82, 2.24) is 9.55 Å². The van der Waals surface area contributed by atoms with Crippen molar-refractivity contribution in [2.45, 2.75) is 64.7 Å². The van der Waals surface area contributed by atoms with Gasteiger partial charge in [-0.15, -0.1) is 0 Å². The zero-order valence-corrected chi connectivity index (χ0v) is 22.5. The second-order valence-electron chi connectivity index (χ2n) is 9.69. The molecule has 212 valence electrons. The monoisotopic (exact) mass is 552 g/mol. The number of carbonyl (C=O) groups is 2. The summed E-state index contributed by atoms with van der Waals surface area (Å²) in [6.07, 6.45) is 4.56. The molecule has 2 aromatic heterocycles. The fourth-order valence-corrected chi connectivity index (χ4v) is 4.92. The Labute approximate surface area is 229 Å². The number of aliphatic hydroxyl groups is 1. The van der Waals surface area contributed by atoms with Gasteiger partial charge < -0.3 is 24.9 Å². The number of rotatable bonds is 8. The van der Waals surface area contributed by atoms with E-state index in [1.165, 1.54) is 23.5 Å². The molecule has 5 rings (SSSR count). The van der Waals surface area contributed by atoms with Crippen LogP contribution in [0.5, 0.6) is 0 Å². The quantitative estimate of drug-likeness (QED) is 0.143. The van der Waals surface area contributed by atoms with E-state index in [-0.39, 0.29) is 54.5 Å². The average Bonchev–Trinajstić information content (AvgIpc) is 3.31. The number of nitrogens with zero attached hydrogens (tertiary/aromatic N) is 3. The number of nitrogens with two attached hydrogens (primary N) is 1. The molecule has 2 aliphatic heterocycles. The molecule has 2 aliphatic rings. The average molecular weight is 553 g/mol. The van der Waals surface area contributed by atoms with Crippen molar-refractivity contribution in [3.05, 3.63) is 67.5 Å². The third-order valence-corrected chi connectivity index (χ3v) is 7.15. The van der Waals surface area contributed by atoms with Gasteiger partial charge in [-0.2, -0.15) is 0 Å². The number of fused-ring (bicyclic) bond motifs is 5. The maximum Gasteiger partial charge on any atom is 0.343 e. The SMILES string of the molecule is CCCCCCOC(=O)CN.CC[C@@]1(O)C(=O)OCc2c1cc1n(c2=O)Cc2cc3c([N+](=O)[O-])cccc3nc2-1. The van der Waals surface area contributed by atoms with Gasteiger partial charge in [-0.1, -0.05) is 39.2 Å². The van der Waals surface area contributed by atoms with Gasteiger partial charge in [-0.25, -0.2) is 9.78 Å². The van der Waals surface area contributed by atoms with Crippen LogP contribution in [0.25, 0.3) is 22.3 Å². The summed E-state index contributed by atoms with van der Waals surface area (Å²) in [6, 6.07) is 7.92. The Morgan fingerprint density at radius 3 is 2.70 bits per heavy atom. The van der Waals surface area contributed by atoms with Gasteiger partial charge in [0.05, 0.1) is 52.5 Å². The van der Waals surface area contributed by atoms with Crippen LogP contribution in [0, 0.1) is 10.1 Å². The minimum absolute atomic E-state index is 0.00617. The lowest BCUT2D eigenvalue weighted by molar-refractivity contribution is -0.383. The van der Waals surface area contributed by atoms with Crippen LogP contribution < -0.4 is 11.3 Å². The summed E-state index contributed by atoms with van der Waals surface area (Å²) in [5.74, 6) is -1.08. The van der Waals surface area contributed by atoms with E-state index in [1.54, 1.807) is 31.2 Å². The first kappa shape index (κ1) is 28.8. The van der Waals surface area contributed by atoms with Crippen molar-refractivity contribution in [1.29, 1.82) is 0 Å². The molecule has 12 heteroatoms. The third kappa shape index (κ3) is 5.32. The lowest BCUT2D eigenvalue weighted by Gasteiger charge is -2.31. The molecule has 0 saturated heterocycles. The zero-order chi connectivity index (χ0) is 29.0. The minimum Gasteiger partial charge on any atom is -0.465 e. The van der Waals surface area contributed by atoms with E-state index < -0.39 is 16.5 Å². The van der Waals surface area contributed by atoms with Crippen molar-refractivity contribution < 1.29 is 29.1 Å². The Kier molecular flexibility index (Phi) is 8.60. The number of hydrogen-bond donors (Lipinski definition) is 2. The number of aromatic nitrogens is 2. The predicted octanol–water partition coefficient (Wildman–Crippen LogP) is 3.06. The summed E-state index contributed by atoms with van der Waals surface area (Å²) in [7, 11) is 0. The first-order valence-corrected chi connectivity index (χ1v) is 13.3. The van der Waals surface area contributed by atoms with E-state index in [0.717, 1.165) is 12.8 Å². The molecule has 12 nitrogen and oxygen atoms in total. The Bertz CT molecular complexity index is 1530. The Balaban J connectivity index is 0.000000288. The standard InChI is InChI=1S/C20H15N3O6.C8H17NO2/c1-2-20(26)13-7-16-17-10(8-22(16)18(24)12(13)9-29-19(20)25)6-11-14(21-17)4-3-5-15(11)23(27)28;1-2-3-4-5-6-11-8(10)7-9/h3-7,26H,2,8-9H2,1H3;2-7,9H2,1H3/t20-;/m0./s1. The molecule has 0 spiro atoms. The fourth-order valence-electron chi connectivity index (χ4n) is 4.92. The molecule has 1 atom stereocenters. The molecule has 1 aromatic carbocycles. The zero-order valence-electron chi connectivity index (χ0n) is 22.5. The third-order valence-electron chi connectivity index (χ3n) is 7.15. The normalized spacial score (nSPS) is 16.8. The first-order chi connectivity index (χ1) is 19.2. The second kappa shape index (κ2) is 11.9. The number of carbonyl (C=O) groups excluding carboxylic acids is 2. The molecule has 3 aromatic rings. The van der Waals surface area contributed by atoms with Crippen molar-refractivity contribution in [3.8, 4) is 11.4 Å². The molecule has 40 heavy (non-hydrogen) atoms. The number of benzene rings is 1. The summed E-state index contributed by atoms with van der Waals surface area (Å²) < 4.78 is 11.3. The second-order valence-corrected chi connectivity index (χ2v) is 9.69. The van der Waals surface area contributed by atoms with Gasteiger partial charge in [0, 0.05) is 17.2 Å². The van der Waals surface area contributed by atoms with Gasteiger partial charge in [-0.3, -0.25) is 19.7 Å². The Morgan fingerprint density at radius 1 is 1.25 bits per heavy atom. The van der Waals surface area contributed by atoms with E-state index >= 15 is 0 Å². The summed E-state index contributed by atoms with van der Waals surface area (Å²) >= 11 is 0. The highest BCUT2D eigenvalue weighted by Crippen LogP contribution is 2.39. The fraction of sp³-hybridized carbons (Fsp3) is 0.429. The van der Waals surface area contributed by atoms with Gasteiger partial charge in [0.25, 0.3) is 11.2 Å². The van der Waals surface area contributed by atoms with E-state index in [1.807, 2.05) is 0 Å². The molecule has 0 fully saturated rings. The van der Waals surface area contributed by atoms with Crippen LogP contribution in [0.4, 0.5) is 5.69 Å². The number of esters is 2. The van der Waals surface area contributed by atoms with Gasteiger partial charge in [0.1, 0.15) is 6.61 Å². The number of nitro benzene ring substituents is 1. The Morgan fingerprint density at radius 2 is 2.02 bits per heavy atom. The van der Waals surface area contributed by atoms with E-state index in [4.69, 9.17) is 15.2 Å². The summed E-state index contributed by atoms with van der Waals surface area (Å²) in [5.41, 5.74) is 5.28.